The summed E-state index contributed by atoms with van der Waals surface area (Å²) in [5.74, 6) is 0.0704. The summed E-state index contributed by atoms with van der Waals surface area (Å²) in [6.07, 6.45) is -4.55. The lowest BCUT2D eigenvalue weighted by atomic mass is 9.97. The topological polar surface area (TPSA) is 0 Å². The quantitative estimate of drug-likeness (QED) is 0.390. The first kappa shape index (κ1) is 16.8. The number of rotatable bonds is 2. The van der Waals surface area contributed by atoms with E-state index in [4.69, 9.17) is 46.4 Å². The van der Waals surface area contributed by atoms with Crippen LogP contribution in [0.25, 0.3) is 11.1 Å². The van der Waals surface area contributed by atoms with Crippen LogP contribution in [0.2, 0.25) is 15.1 Å². The van der Waals surface area contributed by atoms with E-state index >= 15 is 0 Å². The summed E-state index contributed by atoms with van der Waals surface area (Å²) in [4.78, 5) is 0. The average Bonchev–Trinajstić information content (AvgIpc) is 2.42. The second kappa shape index (κ2) is 6.25. The molecule has 0 aromatic heterocycles. The van der Waals surface area contributed by atoms with Crippen molar-refractivity contribution < 1.29 is 13.2 Å². The van der Waals surface area contributed by atoms with E-state index in [2.05, 4.69) is 0 Å². The summed E-state index contributed by atoms with van der Waals surface area (Å²) >= 11 is 23.6. The van der Waals surface area contributed by atoms with Gasteiger partial charge >= 0.3 is 6.18 Å². The van der Waals surface area contributed by atoms with Gasteiger partial charge < -0.3 is 0 Å². The lowest BCUT2D eigenvalue weighted by Gasteiger charge is -2.16. The Hall–Kier alpha value is -0.610. The van der Waals surface area contributed by atoms with Crippen molar-refractivity contribution in [2.45, 2.75) is 12.1 Å². The molecule has 2 aromatic rings. The first-order chi connectivity index (χ1) is 9.75. The number of halogens is 7. The fourth-order valence-corrected chi connectivity index (χ4v) is 2.80. The van der Waals surface area contributed by atoms with Crippen molar-refractivity contribution in [2.24, 2.45) is 0 Å². The van der Waals surface area contributed by atoms with Crippen molar-refractivity contribution in [3.8, 4) is 11.1 Å². The molecular formula is C14H7Cl4F3. The largest absolute Gasteiger partial charge is 0.417 e. The minimum atomic E-state index is -4.55. The zero-order chi connectivity index (χ0) is 15.8. The molecule has 0 amide bonds. The van der Waals surface area contributed by atoms with Crippen molar-refractivity contribution in [1.82, 2.24) is 0 Å². The molecule has 0 radical (unpaired) electrons. The fourth-order valence-electron chi connectivity index (χ4n) is 1.90. The summed E-state index contributed by atoms with van der Waals surface area (Å²) in [7, 11) is 0. The van der Waals surface area contributed by atoms with E-state index in [1.165, 1.54) is 24.3 Å². The fraction of sp³-hybridized carbons (Fsp3) is 0.143. The predicted octanol–water partition coefficient (Wildman–Crippen LogP) is 7.07. The lowest BCUT2D eigenvalue weighted by Crippen LogP contribution is -2.08. The third kappa shape index (κ3) is 3.42. The third-order valence-electron chi connectivity index (χ3n) is 2.86. The van der Waals surface area contributed by atoms with Gasteiger partial charge in [0.1, 0.15) is 0 Å². The maximum absolute atomic E-state index is 13.2. The molecule has 0 saturated heterocycles. The summed E-state index contributed by atoms with van der Waals surface area (Å²) in [6, 6.07) is 6.42. The lowest BCUT2D eigenvalue weighted by molar-refractivity contribution is -0.137. The first-order valence-electron chi connectivity index (χ1n) is 5.65. The molecule has 0 saturated carbocycles. The second-order valence-electron chi connectivity index (χ2n) is 4.23. The van der Waals surface area contributed by atoms with E-state index in [1.807, 2.05) is 0 Å². The summed E-state index contributed by atoms with van der Waals surface area (Å²) in [5, 5.41) is 0.184. The van der Waals surface area contributed by atoms with E-state index in [1.54, 1.807) is 0 Å². The molecular weight excluding hydrogens is 367 g/mol. The molecule has 0 aliphatic heterocycles. The van der Waals surface area contributed by atoms with Crippen LogP contribution in [0.3, 0.4) is 0 Å². The van der Waals surface area contributed by atoms with Crippen LogP contribution in [-0.4, -0.2) is 0 Å². The Balaban J connectivity index is 2.82. The summed E-state index contributed by atoms with van der Waals surface area (Å²) in [6.45, 7) is 0. The zero-order valence-corrected chi connectivity index (χ0v) is 13.3. The van der Waals surface area contributed by atoms with Gasteiger partial charge in [-0.2, -0.15) is 13.2 Å². The van der Waals surface area contributed by atoms with Crippen molar-refractivity contribution in [1.29, 1.82) is 0 Å². The highest BCUT2D eigenvalue weighted by Crippen LogP contribution is 2.45. The van der Waals surface area contributed by atoms with Gasteiger partial charge in [-0.1, -0.05) is 40.9 Å². The van der Waals surface area contributed by atoms with E-state index in [0.717, 1.165) is 6.07 Å². The van der Waals surface area contributed by atoms with Gasteiger partial charge in [0.05, 0.1) is 20.6 Å². The Morgan fingerprint density at radius 2 is 1.52 bits per heavy atom. The van der Waals surface area contributed by atoms with Crippen LogP contribution < -0.4 is 0 Å². The maximum Gasteiger partial charge on any atom is 0.417 e. The molecule has 0 aliphatic carbocycles. The zero-order valence-electron chi connectivity index (χ0n) is 10.2. The molecule has 0 atom stereocenters. The van der Waals surface area contributed by atoms with Gasteiger partial charge in [0, 0.05) is 11.4 Å². The van der Waals surface area contributed by atoms with Crippen molar-refractivity contribution in [2.75, 3.05) is 0 Å². The van der Waals surface area contributed by atoms with Crippen LogP contribution in [0.5, 0.6) is 0 Å². The average molecular weight is 374 g/mol. The highest BCUT2D eigenvalue weighted by atomic mass is 35.5. The first-order valence-corrected chi connectivity index (χ1v) is 7.32. The predicted molar refractivity (Wildman–Crippen MR) is 81.5 cm³/mol. The smallest absolute Gasteiger partial charge is 0.166 e. The van der Waals surface area contributed by atoms with E-state index < -0.39 is 11.7 Å². The van der Waals surface area contributed by atoms with Crippen LogP contribution in [0.4, 0.5) is 13.2 Å². The maximum atomic E-state index is 13.2. The molecule has 0 heterocycles. The highest BCUT2D eigenvalue weighted by molar-refractivity contribution is 6.46. The Morgan fingerprint density at radius 1 is 0.905 bits per heavy atom. The van der Waals surface area contributed by atoms with Gasteiger partial charge in [-0.25, -0.2) is 0 Å². The van der Waals surface area contributed by atoms with Gasteiger partial charge in [0.2, 0.25) is 0 Å². The summed E-state index contributed by atoms with van der Waals surface area (Å²) in [5.41, 5.74) is -0.419. The minimum absolute atomic E-state index is 0.0265. The van der Waals surface area contributed by atoms with Crippen molar-refractivity contribution in [3.05, 3.63) is 56.5 Å². The second-order valence-corrected chi connectivity index (χ2v) is 5.69. The van der Waals surface area contributed by atoms with Gasteiger partial charge in [-0.15, -0.1) is 11.6 Å². The monoisotopic (exact) mass is 372 g/mol. The van der Waals surface area contributed by atoms with Gasteiger partial charge in [-0.05, 0) is 35.4 Å². The molecule has 0 spiro atoms. The number of benzene rings is 2. The molecule has 7 heteroatoms. The van der Waals surface area contributed by atoms with Crippen molar-refractivity contribution >= 4 is 46.4 Å². The van der Waals surface area contributed by atoms with Gasteiger partial charge in [0.25, 0.3) is 0 Å². The Morgan fingerprint density at radius 3 is 2.10 bits per heavy atom. The van der Waals surface area contributed by atoms with Crippen LogP contribution >= 0.6 is 46.4 Å². The minimum Gasteiger partial charge on any atom is -0.166 e. The van der Waals surface area contributed by atoms with Crippen LogP contribution in [0, 0.1) is 0 Å². The SMILES string of the molecule is FC(F)(F)c1ccc(CCl)cc1-c1c(Cl)ccc(Cl)c1Cl. The molecule has 2 aromatic carbocycles. The van der Waals surface area contributed by atoms with Gasteiger partial charge in [0.15, 0.2) is 0 Å². The molecule has 21 heavy (non-hydrogen) atoms. The van der Waals surface area contributed by atoms with E-state index in [0.29, 0.717) is 5.56 Å². The Labute approximate surface area is 139 Å². The Kier molecular flexibility index (Phi) is 4.99. The number of alkyl halides is 4. The molecule has 0 unspecified atom stereocenters. The van der Waals surface area contributed by atoms with Crippen LogP contribution in [0.15, 0.2) is 30.3 Å². The standard InChI is InChI=1S/C14H7Cl4F3/c15-6-7-1-2-9(14(19,20)21)8(5-7)12-10(16)3-4-11(17)13(12)18/h1-5H,6H2. The van der Waals surface area contributed by atoms with Crippen LogP contribution in [0.1, 0.15) is 11.1 Å². The van der Waals surface area contributed by atoms with Crippen molar-refractivity contribution in [3.63, 3.8) is 0 Å². The normalized spacial score (nSPS) is 11.8. The van der Waals surface area contributed by atoms with Crippen LogP contribution in [-0.2, 0) is 12.1 Å². The van der Waals surface area contributed by atoms with E-state index in [-0.39, 0.29) is 32.1 Å². The number of hydrogen-bond donors (Lipinski definition) is 0. The molecule has 0 bridgehead atoms. The molecule has 0 N–H and O–H groups in total. The molecule has 112 valence electrons. The third-order valence-corrected chi connectivity index (χ3v) is 4.28. The van der Waals surface area contributed by atoms with Gasteiger partial charge in [-0.3, -0.25) is 0 Å². The molecule has 2 rings (SSSR count). The van der Waals surface area contributed by atoms with E-state index in [9.17, 15) is 13.2 Å². The highest BCUT2D eigenvalue weighted by Gasteiger charge is 2.34. The molecule has 0 nitrogen and oxygen atoms in total. The Bertz CT molecular complexity index is 681. The number of hydrogen-bond acceptors (Lipinski definition) is 0. The molecule has 0 aliphatic rings. The summed E-state index contributed by atoms with van der Waals surface area (Å²) < 4.78 is 39.5. The molecule has 0 fully saturated rings.